The van der Waals surface area contributed by atoms with Gasteiger partial charge in [0.2, 0.25) is 0 Å². The Bertz CT molecular complexity index is 624. The lowest BCUT2D eigenvalue weighted by molar-refractivity contribution is 0.354. The van der Waals surface area contributed by atoms with Crippen LogP contribution in [-0.4, -0.2) is 47.6 Å². The Kier molecular flexibility index (Phi) is 4.58. The molecule has 3 rings (SSSR count). The third-order valence-corrected chi connectivity index (χ3v) is 4.82. The van der Waals surface area contributed by atoms with Crippen LogP contribution in [0.1, 0.15) is 19.3 Å². The van der Waals surface area contributed by atoms with Crippen LogP contribution in [0.3, 0.4) is 0 Å². The van der Waals surface area contributed by atoms with E-state index >= 15 is 0 Å². The summed E-state index contributed by atoms with van der Waals surface area (Å²) in [6.07, 6.45) is 9.06. The first-order valence-corrected chi connectivity index (χ1v) is 8.28. The second kappa shape index (κ2) is 6.64. The van der Waals surface area contributed by atoms with Gasteiger partial charge in [-0.15, -0.1) is 0 Å². The first kappa shape index (κ1) is 15.9. The normalized spacial score (nSPS) is 34.2. The molecule has 2 fully saturated rings. The summed E-state index contributed by atoms with van der Waals surface area (Å²) in [7, 11) is 0. The Morgan fingerprint density at radius 3 is 3.13 bits per heavy atom. The first-order valence-electron chi connectivity index (χ1n) is 7.81. The summed E-state index contributed by atoms with van der Waals surface area (Å²) in [5, 5.41) is 7.78. The van der Waals surface area contributed by atoms with Gasteiger partial charge < -0.3 is 16.0 Å². The lowest BCUT2D eigenvalue weighted by Gasteiger charge is -2.28. The zero-order valence-corrected chi connectivity index (χ0v) is 13.9. The number of likely N-dealkylation sites (tertiary alicyclic amines) is 1. The van der Waals surface area contributed by atoms with Crippen molar-refractivity contribution in [2.45, 2.75) is 24.8 Å². The van der Waals surface area contributed by atoms with Crippen LogP contribution in [0.15, 0.2) is 45.8 Å². The van der Waals surface area contributed by atoms with E-state index < -0.39 is 0 Å². The van der Waals surface area contributed by atoms with Gasteiger partial charge in [0.1, 0.15) is 5.84 Å². The molecule has 0 radical (unpaired) electrons. The van der Waals surface area contributed by atoms with E-state index in [-0.39, 0.29) is 5.54 Å². The molecule has 0 amide bonds. The molecule has 0 aromatic rings. The summed E-state index contributed by atoms with van der Waals surface area (Å²) in [5.74, 6) is 0.341. The number of hydrogen-bond acceptors (Lipinski definition) is 5. The monoisotopic (exact) mass is 330 g/mol. The van der Waals surface area contributed by atoms with Crippen molar-refractivity contribution in [2.24, 2.45) is 15.8 Å². The third-order valence-electron chi connectivity index (χ3n) is 4.72. The van der Waals surface area contributed by atoms with Crippen molar-refractivity contribution in [3.8, 4) is 0 Å². The van der Waals surface area contributed by atoms with Crippen molar-refractivity contribution in [3.05, 3.63) is 35.7 Å². The molecular formula is C16H22N6S. The number of aliphatic imine (C=N–C) groups is 1. The molecule has 3 aliphatic rings. The number of nitrogens with one attached hydrogen (secondary N) is 2. The standard InChI is InChI=1S/C16H22N6S/c1-12-13(15(17)18-11-23)9-21-20-7-3-14(12)22-8-5-16(10-22)4-2-6-19-16/h3,7,9,11,19,21H,1-2,4-6,8,10H2,(H2,17,18,23)/b13-9+,14-3+,20-7-. The molecule has 0 aromatic heterocycles. The number of rotatable bonds is 3. The van der Waals surface area contributed by atoms with Crippen molar-refractivity contribution in [3.63, 3.8) is 0 Å². The van der Waals surface area contributed by atoms with Crippen LogP contribution >= 0.6 is 12.2 Å². The zero-order chi connectivity index (χ0) is 16.3. The van der Waals surface area contributed by atoms with Crippen LogP contribution in [-0.2, 0) is 0 Å². The van der Waals surface area contributed by atoms with Gasteiger partial charge in [-0.1, -0.05) is 18.8 Å². The third kappa shape index (κ3) is 3.20. The highest BCUT2D eigenvalue weighted by Crippen LogP contribution is 2.34. The number of nitrogens with two attached hydrogens (primary N) is 1. The maximum Gasteiger partial charge on any atom is 0.133 e. The highest BCUT2D eigenvalue weighted by atomic mass is 32.1. The second-order valence-corrected chi connectivity index (χ2v) is 6.31. The summed E-state index contributed by atoms with van der Waals surface area (Å²) in [6, 6.07) is 0. The van der Waals surface area contributed by atoms with Gasteiger partial charge in [-0.05, 0) is 31.9 Å². The summed E-state index contributed by atoms with van der Waals surface area (Å²) in [5.41, 5.74) is 12.9. The Morgan fingerprint density at radius 2 is 2.39 bits per heavy atom. The SMILES string of the molecule is C=C1/C(C(N)=NC=S)=C\N/N=C\C=C/1N1CCC2(CCCN2)C1. The van der Waals surface area contributed by atoms with Crippen molar-refractivity contribution in [1.29, 1.82) is 0 Å². The van der Waals surface area contributed by atoms with E-state index in [1.54, 1.807) is 12.4 Å². The molecule has 0 aromatic carbocycles. The number of nitrogens with zero attached hydrogens (tertiary/aromatic N) is 3. The molecule has 4 N–H and O–H groups in total. The predicted octanol–water partition coefficient (Wildman–Crippen LogP) is 1.04. The number of hydrogen-bond donors (Lipinski definition) is 3. The van der Waals surface area contributed by atoms with Gasteiger partial charge in [-0.2, -0.15) is 5.10 Å². The van der Waals surface area contributed by atoms with E-state index in [1.807, 2.05) is 6.08 Å². The predicted molar refractivity (Wildman–Crippen MR) is 98.4 cm³/mol. The summed E-state index contributed by atoms with van der Waals surface area (Å²) >= 11 is 4.77. The molecule has 3 heterocycles. The maximum atomic E-state index is 6.02. The van der Waals surface area contributed by atoms with Gasteiger partial charge in [-0.3, -0.25) is 5.43 Å². The van der Waals surface area contributed by atoms with Gasteiger partial charge in [0.05, 0.1) is 5.49 Å². The fourth-order valence-electron chi connectivity index (χ4n) is 3.52. The fourth-order valence-corrected chi connectivity index (χ4v) is 3.64. The molecule has 2 saturated heterocycles. The minimum Gasteiger partial charge on any atom is -0.383 e. The molecule has 6 nitrogen and oxygen atoms in total. The number of hydrazone groups is 1. The number of allylic oxidation sites excluding steroid dienone is 2. The Balaban J connectivity index is 1.86. The van der Waals surface area contributed by atoms with Crippen LogP contribution < -0.4 is 16.5 Å². The van der Waals surface area contributed by atoms with E-state index in [2.05, 4.69) is 32.3 Å². The van der Waals surface area contributed by atoms with Crippen LogP contribution in [0.2, 0.25) is 0 Å². The van der Waals surface area contributed by atoms with Gasteiger partial charge >= 0.3 is 0 Å². The molecule has 122 valence electrons. The lowest BCUT2D eigenvalue weighted by atomic mass is 9.97. The van der Waals surface area contributed by atoms with Crippen LogP contribution in [0.5, 0.6) is 0 Å². The van der Waals surface area contributed by atoms with E-state index in [9.17, 15) is 0 Å². The summed E-state index contributed by atoms with van der Waals surface area (Å²) < 4.78 is 0. The molecule has 1 atom stereocenters. The average Bonchev–Trinajstić information content (AvgIpc) is 3.14. The molecule has 1 spiro atoms. The lowest BCUT2D eigenvalue weighted by Crippen LogP contribution is -2.42. The molecule has 3 aliphatic heterocycles. The van der Waals surface area contributed by atoms with Gasteiger partial charge in [-0.25, -0.2) is 4.99 Å². The summed E-state index contributed by atoms with van der Waals surface area (Å²) in [6.45, 7) is 7.32. The Morgan fingerprint density at radius 1 is 1.52 bits per heavy atom. The topological polar surface area (TPSA) is 78.0 Å². The Hall–Kier alpha value is -1.99. The van der Waals surface area contributed by atoms with Crippen molar-refractivity contribution >= 4 is 29.8 Å². The van der Waals surface area contributed by atoms with Crippen LogP contribution in [0.4, 0.5) is 0 Å². The molecule has 0 aliphatic carbocycles. The van der Waals surface area contributed by atoms with Crippen molar-refractivity contribution in [1.82, 2.24) is 15.6 Å². The maximum absolute atomic E-state index is 6.02. The van der Waals surface area contributed by atoms with Gasteiger partial charge in [0.25, 0.3) is 0 Å². The van der Waals surface area contributed by atoms with E-state index in [0.717, 1.165) is 42.9 Å². The van der Waals surface area contributed by atoms with Crippen LogP contribution in [0.25, 0.3) is 0 Å². The molecular weight excluding hydrogens is 308 g/mol. The molecule has 23 heavy (non-hydrogen) atoms. The van der Waals surface area contributed by atoms with Crippen molar-refractivity contribution < 1.29 is 0 Å². The molecule has 0 saturated carbocycles. The first-order chi connectivity index (χ1) is 11.2. The second-order valence-electron chi connectivity index (χ2n) is 6.10. The Labute approximate surface area is 141 Å². The largest absolute Gasteiger partial charge is 0.383 e. The fraction of sp³-hybridized carbons (Fsp3) is 0.438. The zero-order valence-electron chi connectivity index (χ0n) is 13.1. The highest BCUT2D eigenvalue weighted by molar-refractivity contribution is 7.78. The van der Waals surface area contributed by atoms with E-state index in [4.69, 9.17) is 18.0 Å². The molecule has 1 unspecified atom stereocenters. The number of amidine groups is 1. The van der Waals surface area contributed by atoms with E-state index in [0.29, 0.717) is 5.84 Å². The van der Waals surface area contributed by atoms with Gasteiger partial charge in [0.15, 0.2) is 0 Å². The minimum atomic E-state index is 0.247. The summed E-state index contributed by atoms with van der Waals surface area (Å²) in [4.78, 5) is 6.37. The quantitative estimate of drug-likeness (QED) is 0.409. The van der Waals surface area contributed by atoms with Crippen molar-refractivity contribution in [2.75, 3.05) is 19.6 Å². The molecule has 0 bridgehead atoms. The smallest absolute Gasteiger partial charge is 0.133 e. The van der Waals surface area contributed by atoms with Crippen LogP contribution in [0, 0.1) is 0 Å². The minimum absolute atomic E-state index is 0.247. The van der Waals surface area contributed by atoms with Gasteiger partial charge in [0, 0.05) is 47.9 Å². The van der Waals surface area contributed by atoms with E-state index in [1.165, 1.54) is 18.3 Å². The molecule has 7 heteroatoms. The highest BCUT2D eigenvalue weighted by Gasteiger charge is 2.41. The average molecular weight is 330 g/mol. The number of thiocarbonyl (C=S) groups is 1.